The topological polar surface area (TPSA) is 77.2 Å². The van der Waals surface area contributed by atoms with Crippen molar-refractivity contribution < 1.29 is 4.79 Å². The normalized spacial score (nSPS) is 10.9. The Balaban J connectivity index is 2.12. The summed E-state index contributed by atoms with van der Waals surface area (Å²) >= 11 is 5.87. The summed E-state index contributed by atoms with van der Waals surface area (Å²) in [5.74, 6) is 0. The van der Waals surface area contributed by atoms with Crippen LogP contribution in [0.3, 0.4) is 0 Å². The van der Waals surface area contributed by atoms with E-state index in [1.165, 1.54) is 6.20 Å². The van der Waals surface area contributed by atoms with Crippen molar-refractivity contribution in [3.63, 3.8) is 0 Å². The van der Waals surface area contributed by atoms with Crippen LogP contribution in [0.15, 0.2) is 29.2 Å². The van der Waals surface area contributed by atoms with Gasteiger partial charge in [-0.3, -0.25) is 4.79 Å². The number of carbonyl (C=O) groups excluding carboxylic acids is 1. The standard InChI is InChI=1S/C14H17ClN4O2/c1-19(2)6-5-16-14(21)18-12-8-17-11-7-9(15)3-4-10(11)13(12)20/h3-4,7-8H,5-6H2,1-2H3,(H,17,20)(H2,16,18,21). The van der Waals surface area contributed by atoms with E-state index in [2.05, 4.69) is 15.6 Å². The maximum absolute atomic E-state index is 12.2. The fourth-order valence-corrected chi connectivity index (χ4v) is 2.02. The molecule has 0 bridgehead atoms. The van der Waals surface area contributed by atoms with E-state index in [1.807, 2.05) is 19.0 Å². The van der Waals surface area contributed by atoms with E-state index in [9.17, 15) is 9.59 Å². The van der Waals surface area contributed by atoms with E-state index in [0.717, 1.165) is 6.54 Å². The SMILES string of the molecule is CN(C)CCNC(=O)Nc1c[nH]c2cc(Cl)ccc2c1=O. The monoisotopic (exact) mass is 308 g/mol. The fourth-order valence-electron chi connectivity index (χ4n) is 1.85. The number of anilines is 1. The maximum atomic E-state index is 12.2. The van der Waals surface area contributed by atoms with Gasteiger partial charge in [-0.05, 0) is 32.3 Å². The molecule has 0 spiro atoms. The van der Waals surface area contributed by atoms with Crippen LogP contribution in [0.5, 0.6) is 0 Å². The molecule has 0 aliphatic carbocycles. The summed E-state index contributed by atoms with van der Waals surface area (Å²) in [7, 11) is 3.83. The molecule has 6 nitrogen and oxygen atoms in total. The van der Waals surface area contributed by atoms with Crippen molar-refractivity contribution >= 4 is 34.2 Å². The summed E-state index contributed by atoms with van der Waals surface area (Å²) in [6.45, 7) is 1.22. The number of aromatic nitrogens is 1. The van der Waals surface area contributed by atoms with Crippen LogP contribution in [0, 0.1) is 0 Å². The van der Waals surface area contributed by atoms with Gasteiger partial charge in [0.15, 0.2) is 0 Å². The third kappa shape index (κ3) is 3.96. The number of nitrogens with one attached hydrogen (secondary N) is 3. The molecule has 0 fully saturated rings. The van der Waals surface area contributed by atoms with Crippen LogP contribution in [0.4, 0.5) is 10.5 Å². The number of H-pyrrole nitrogens is 1. The molecule has 1 heterocycles. The summed E-state index contributed by atoms with van der Waals surface area (Å²) in [6.07, 6.45) is 1.46. The minimum atomic E-state index is -0.407. The lowest BCUT2D eigenvalue weighted by Gasteiger charge is -2.11. The Kier molecular flexibility index (Phi) is 4.82. The molecular weight excluding hydrogens is 292 g/mol. The molecule has 21 heavy (non-hydrogen) atoms. The predicted molar refractivity (Wildman–Crippen MR) is 85.2 cm³/mol. The first-order chi connectivity index (χ1) is 9.97. The van der Waals surface area contributed by atoms with Gasteiger partial charge in [-0.1, -0.05) is 11.6 Å². The second-order valence-electron chi connectivity index (χ2n) is 4.91. The highest BCUT2D eigenvalue weighted by atomic mass is 35.5. The molecule has 2 aromatic rings. The van der Waals surface area contributed by atoms with E-state index >= 15 is 0 Å². The number of nitrogens with zero attached hydrogens (tertiary/aromatic N) is 1. The summed E-state index contributed by atoms with van der Waals surface area (Å²) in [4.78, 5) is 28.9. The van der Waals surface area contributed by atoms with Gasteiger partial charge in [-0.25, -0.2) is 4.79 Å². The number of hydrogen-bond acceptors (Lipinski definition) is 3. The van der Waals surface area contributed by atoms with Crippen molar-refractivity contribution in [1.82, 2.24) is 15.2 Å². The second-order valence-corrected chi connectivity index (χ2v) is 5.34. The predicted octanol–water partition coefficient (Wildman–Crippen LogP) is 1.86. The van der Waals surface area contributed by atoms with E-state index in [1.54, 1.807) is 18.2 Å². The van der Waals surface area contributed by atoms with Crippen LogP contribution in [0.25, 0.3) is 10.9 Å². The minimum Gasteiger partial charge on any atom is -0.359 e. The molecule has 2 amide bonds. The van der Waals surface area contributed by atoms with Crippen molar-refractivity contribution in [1.29, 1.82) is 0 Å². The van der Waals surface area contributed by atoms with Gasteiger partial charge in [0.05, 0.1) is 5.52 Å². The summed E-state index contributed by atoms with van der Waals surface area (Å²) < 4.78 is 0. The highest BCUT2D eigenvalue weighted by Crippen LogP contribution is 2.16. The number of pyridine rings is 1. The summed E-state index contributed by atoms with van der Waals surface area (Å²) in [5.41, 5.74) is 0.585. The van der Waals surface area contributed by atoms with Crippen LogP contribution in [-0.2, 0) is 0 Å². The van der Waals surface area contributed by atoms with Gasteiger partial charge in [0, 0.05) is 29.7 Å². The molecular formula is C14H17ClN4O2. The zero-order valence-electron chi connectivity index (χ0n) is 11.9. The van der Waals surface area contributed by atoms with Crippen molar-refractivity contribution in [2.75, 3.05) is 32.5 Å². The van der Waals surface area contributed by atoms with E-state index in [0.29, 0.717) is 22.5 Å². The maximum Gasteiger partial charge on any atom is 0.319 e. The van der Waals surface area contributed by atoms with Gasteiger partial charge in [0.25, 0.3) is 0 Å². The highest BCUT2D eigenvalue weighted by molar-refractivity contribution is 6.31. The number of benzene rings is 1. The smallest absolute Gasteiger partial charge is 0.319 e. The number of likely N-dealkylation sites (N-methyl/N-ethyl adjacent to an activating group) is 1. The van der Waals surface area contributed by atoms with Gasteiger partial charge in [0.2, 0.25) is 5.43 Å². The van der Waals surface area contributed by atoms with Gasteiger partial charge >= 0.3 is 6.03 Å². The number of rotatable bonds is 4. The average Bonchev–Trinajstić information content (AvgIpc) is 2.41. The zero-order valence-corrected chi connectivity index (χ0v) is 12.6. The van der Waals surface area contributed by atoms with Crippen LogP contribution in [0.2, 0.25) is 5.02 Å². The van der Waals surface area contributed by atoms with E-state index in [4.69, 9.17) is 11.6 Å². The lowest BCUT2D eigenvalue weighted by Crippen LogP contribution is -2.35. The summed E-state index contributed by atoms with van der Waals surface area (Å²) in [6, 6.07) is 4.53. The Bertz CT molecular complexity index is 712. The Hall–Kier alpha value is -2.05. The van der Waals surface area contributed by atoms with Gasteiger partial charge in [-0.15, -0.1) is 0 Å². The molecule has 0 radical (unpaired) electrons. The van der Waals surface area contributed by atoms with Crippen molar-refractivity contribution in [3.05, 3.63) is 39.6 Å². The molecule has 7 heteroatoms. The van der Waals surface area contributed by atoms with Crippen LogP contribution < -0.4 is 16.1 Å². The number of amides is 2. The van der Waals surface area contributed by atoms with Crippen molar-refractivity contribution in [2.45, 2.75) is 0 Å². The number of hydrogen-bond donors (Lipinski definition) is 3. The number of halogens is 1. The second kappa shape index (κ2) is 6.60. The molecule has 2 rings (SSSR count). The first-order valence-electron chi connectivity index (χ1n) is 6.48. The largest absolute Gasteiger partial charge is 0.359 e. The van der Waals surface area contributed by atoms with Gasteiger partial charge < -0.3 is 20.5 Å². The molecule has 1 aromatic carbocycles. The molecule has 0 aliphatic heterocycles. The zero-order chi connectivity index (χ0) is 15.4. The molecule has 1 aromatic heterocycles. The molecule has 0 saturated heterocycles. The quantitative estimate of drug-likeness (QED) is 0.807. The van der Waals surface area contributed by atoms with E-state index in [-0.39, 0.29) is 11.1 Å². The lowest BCUT2D eigenvalue weighted by atomic mass is 10.2. The number of carbonyl (C=O) groups is 1. The van der Waals surface area contributed by atoms with Gasteiger partial charge in [-0.2, -0.15) is 0 Å². The van der Waals surface area contributed by atoms with E-state index < -0.39 is 6.03 Å². The molecule has 112 valence electrons. The number of urea groups is 1. The van der Waals surface area contributed by atoms with Crippen LogP contribution in [-0.4, -0.2) is 43.1 Å². The van der Waals surface area contributed by atoms with Crippen LogP contribution in [0.1, 0.15) is 0 Å². The Morgan fingerprint density at radius 1 is 1.38 bits per heavy atom. The first-order valence-corrected chi connectivity index (χ1v) is 6.85. The Morgan fingerprint density at radius 3 is 2.86 bits per heavy atom. The van der Waals surface area contributed by atoms with Gasteiger partial charge in [0.1, 0.15) is 5.69 Å². The number of aromatic amines is 1. The fraction of sp³-hybridized carbons (Fsp3) is 0.286. The molecule has 0 unspecified atom stereocenters. The van der Waals surface area contributed by atoms with Crippen molar-refractivity contribution in [3.8, 4) is 0 Å². The van der Waals surface area contributed by atoms with Crippen LogP contribution >= 0.6 is 11.6 Å². The highest BCUT2D eigenvalue weighted by Gasteiger charge is 2.08. The third-order valence-corrected chi connectivity index (χ3v) is 3.17. The van der Waals surface area contributed by atoms with Crippen molar-refractivity contribution in [2.24, 2.45) is 0 Å². The molecule has 0 atom stereocenters. The number of fused-ring (bicyclic) bond motifs is 1. The average molecular weight is 309 g/mol. The lowest BCUT2D eigenvalue weighted by molar-refractivity contribution is 0.250. The Morgan fingerprint density at radius 2 is 2.14 bits per heavy atom. The molecule has 3 N–H and O–H groups in total. The third-order valence-electron chi connectivity index (χ3n) is 2.94. The molecule has 0 aliphatic rings. The first kappa shape index (κ1) is 15.3. The Labute approximate surface area is 127 Å². The summed E-state index contributed by atoms with van der Waals surface area (Å²) in [5, 5.41) is 6.25. The minimum absolute atomic E-state index is 0.201. The molecule has 0 saturated carbocycles.